The summed E-state index contributed by atoms with van der Waals surface area (Å²) in [7, 11) is -3.84. The molecule has 3 aromatic rings. The lowest BCUT2D eigenvalue weighted by Gasteiger charge is -2.06. The fourth-order valence-corrected chi connectivity index (χ4v) is 4.14. The maximum Gasteiger partial charge on any atom is 0.243 e. The maximum absolute atomic E-state index is 13.5. The van der Waals surface area contributed by atoms with E-state index in [1.807, 2.05) is 24.3 Å². The summed E-state index contributed by atoms with van der Waals surface area (Å²) in [6.45, 7) is 0.177. The van der Waals surface area contributed by atoms with Gasteiger partial charge in [0.05, 0.1) is 15.2 Å². The van der Waals surface area contributed by atoms with Crippen LogP contribution in [-0.2, 0) is 16.4 Å². The van der Waals surface area contributed by atoms with Crippen LogP contribution < -0.4 is 4.72 Å². The highest BCUT2D eigenvalue weighted by molar-refractivity contribution is 7.89. The molecule has 1 heterocycles. The SMILES string of the molecule is O=S(=O)(NCCc1nc2ccccc2s1)c1ccccc1F. The van der Waals surface area contributed by atoms with Crippen LogP contribution in [0.15, 0.2) is 53.4 Å². The molecule has 2 aromatic carbocycles. The molecule has 0 aliphatic carbocycles. The van der Waals surface area contributed by atoms with Gasteiger partial charge in [0, 0.05) is 13.0 Å². The second kappa shape index (κ2) is 6.12. The van der Waals surface area contributed by atoms with E-state index < -0.39 is 15.8 Å². The molecule has 0 bridgehead atoms. The first kappa shape index (κ1) is 15.1. The van der Waals surface area contributed by atoms with E-state index >= 15 is 0 Å². The van der Waals surface area contributed by atoms with E-state index in [4.69, 9.17) is 0 Å². The number of nitrogens with zero attached hydrogens (tertiary/aromatic N) is 1. The van der Waals surface area contributed by atoms with E-state index in [0.717, 1.165) is 21.3 Å². The van der Waals surface area contributed by atoms with Crippen LogP contribution in [0.5, 0.6) is 0 Å². The predicted molar refractivity (Wildman–Crippen MR) is 84.9 cm³/mol. The van der Waals surface area contributed by atoms with Crippen LogP contribution in [-0.4, -0.2) is 19.9 Å². The molecule has 22 heavy (non-hydrogen) atoms. The summed E-state index contributed by atoms with van der Waals surface area (Å²) in [5.74, 6) is -0.755. The second-order valence-corrected chi connectivity index (χ2v) is 7.50. The molecule has 0 saturated carbocycles. The van der Waals surface area contributed by atoms with Crippen molar-refractivity contribution in [3.63, 3.8) is 0 Å². The fourth-order valence-electron chi connectivity index (χ4n) is 2.06. The Morgan fingerprint density at radius 3 is 2.59 bits per heavy atom. The molecular weight excluding hydrogens is 323 g/mol. The van der Waals surface area contributed by atoms with Gasteiger partial charge < -0.3 is 0 Å². The largest absolute Gasteiger partial charge is 0.243 e. The average Bonchev–Trinajstić information content (AvgIpc) is 2.90. The van der Waals surface area contributed by atoms with Gasteiger partial charge in [0.1, 0.15) is 10.7 Å². The molecule has 0 spiro atoms. The average molecular weight is 336 g/mol. The normalized spacial score (nSPS) is 11.9. The van der Waals surface area contributed by atoms with E-state index in [9.17, 15) is 12.8 Å². The summed E-state index contributed by atoms with van der Waals surface area (Å²) in [5.41, 5.74) is 0.902. The molecule has 7 heteroatoms. The Balaban J connectivity index is 1.69. The van der Waals surface area contributed by atoms with Crippen molar-refractivity contribution in [2.75, 3.05) is 6.54 Å². The lowest BCUT2D eigenvalue weighted by atomic mass is 10.3. The summed E-state index contributed by atoms with van der Waals surface area (Å²) in [6.07, 6.45) is 0.465. The zero-order chi connectivity index (χ0) is 15.6. The number of nitrogens with one attached hydrogen (secondary N) is 1. The lowest BCUT2D eigenvalue weighted by Crippen LogP contribution is -2.26. The van der Waals surface area contributed by atoms with E-state index in [1.165, 1.54) is 29.5 Å². The molecule has 4 nitrogen and oxygen atoms in total. The molecule has 0 amide bonds. The minimum Gasteiger partial charge on any atom is -0.241 e. The topological polar surface area (TPSA) is 59.1 Å². The first-order valence-corrected chi connectivity index (χ1v) is 8.95. The van der Waals surface area contributed by atoms with Gasteiger partial charge in [-0.05, 0) is 24.3 Å². The van der Waals surface area contributed by atoms with Crippen molar-refractivity contribution in [2.24, 2.45) is 0 Å². The number of hydrogen-bond acceptors (Lipinski definition) is 4. The molecule has 114 valence electrons. The van der Waals surface area contributed by atoms with Gasteiger partial charge in [0.15, 0.2) is 0 Å². The van der Waals surface area contributed by atoms with Crippen molar-refractivity contribution in [1.29, 1.82) is 0 Å². The summed E-state index contributed by atoms with van der Waals surface area (Å²) in [4.78, 5) is 4.10. The molecule has 1 aromatic heterocycles. The number of thiazole rings is 1. The van der Waals surface area contributed by atoms with Crippen molar-refractivity contribution in [3.8, 4) is 0 Å². The van der Waals surface area contributed by atoms with Crippen molar-refractivity contribution in [3.05, 3.63) is 59.4 Å². The third-order valence-electron chi connectivity index (χ3n) is 3.10. The Morgan fingerprint density at radius 1 is 1.09 bits per heavy atom. The number of hydrogen-bond donors (Lipinski definition) is 1. The van der Waals surface area contributed by atoms with Crippen LogP contribution in [0, 0.1) is 5.82 Å². The van der Waals surface area contributed by atoms with Gasteiger partial charge in [-0.25, -0.2) is 22.5 Å². The molecular formula is C15H13FN2O2S2. The van der Waals surface area contributed by atoms with Crippen LogP contribution in [0.2, 0.25) is 0 Å². The molecule has 0 unspecified atom stereocenters. The highest BCUT2D eigenvalue weighted by atomic mass is 32.2. The van der Waals surface area contributed by atoms with E-state index in [-0.39, 0.29) is 11.4 Å². The lowest BCUT2D eigenvalue weighted by molar-refractivity contribution is 0.557. The molecule has 0 atom stereocenters. The van der Waals surface area contributed by atoms with Gasteiger partial charge in [0.2, 0.25) is 10.0 Å². The number of sulfonamides is 1. The summed E-state index contributed by atoms with van der Waals surface area (Å²) >= 11 is 1.53. The Bertz CT molecular complexity index is 874. The van der Waals surface area contributed by atoms with E-state index in [1.54, 1.807) is 0 Å². The van der Waals surface area contributed by atoms with Gasteiger partial charge in [-0.15, -0.1) is 11.3 Å². The number of rotatable bonds is 5. The van der Waals surface area contributed by atoms with Gasteiger partial charge in [0.25, 0.3) is 0 Å². The molecule has 0 saturated heterocycles. The van der Waals surface area contributed by atoms with Gasteiger partial charge in [-0.2, -0.15) is 0 Å². The van der Waals surface area contributed by atoms with Crippen molar-refractivity contribution in [2.45, 2.75) is 11.3 Å². The second-order valence-electron chi connectivity index (χ2n) is 4.65. The van der Waals surface area contributed by atoms with Gasteiger partial charge in [-0.1, -0.05) is 24.3 Å². The molecule has 1 N–H and O–H groups in total. The standard InChI is InChI=1S/C15H13FN2O2S2/c16-11-5-1-4-8-14(11)22(19,20)17-10-9-15-18-12-6-2-3-7-13(12)21-15/h1-8,17H,9-10H2. The summed E-state index contributed by atoms with van der Waals surface area (Å²) < 4.78 is 41.1. The number of fused-ring (bicyclic) bond motifs is 1. The number of halogens is 1. The van der Waals surface area contributed by atoms with Crippen LogP contribution in [0.4, 0.5) is 4.39 Å². The molecule has 3 rings (SSSR count). The highest BCUT2D eigenvalue weighted by Crippen LogP contribution is 2.21. The molecule has 0 radical (unpaired) electrons. The fraction of sp³-hybridized carbons (Fsp3) is 0.133. The zero-order valence-electron chi connectivity index (χ0n) is 11.5. The minimum atomic E-state index is -3.84. The third-order valence-corrected chi connectivity index (χ3v) is 5.69. The van der Waals surface area contributed by atoms with E-state index in [0.29, 0.717) is 6.42 Å². The Hall–Kier alpha value is -1.83. The smallest absolute Gasteiger partial charge is 0.241 e. The minimum absolute atomic E-state index is 0.177. The zero-order valence-corrected chi connectivity index (χ0v) is 13.1. The Kier molecular flexibility index (Phi) is 4.19. The monoisotopic (exact) mass is 336 g/mol. The number of aromatic nitrogens is 1. The molecule has 0 aliphatic rings. The number of para-hydroxylation sites is 1. The van der Waals surface area contributed by atoms with Gasteiger partial charge in [-0.3, -0.25) is 0 Å². The highest BCUT2D eigenvalue weighted by Gasteiger charge is 2.17. The van der Waals surface area contributed by atoms with Crippen LogP contribution in [0.25, 0.3) is 10.2 Å². The summed E-state index contributed by atoms with van der Waals surface area (Å²) in [5, 5.41) is 0.845. The van der Waals surface area contributed by atoms with Crippen LogP contribution in [0.3, 0.4) is 0 Å². The van der Waals surface area contributed by atoms with E-state index in [2.05, 4.69) is 9.71 Å². The van der Waals surface area contributed by atoms with Crippen LogP contribution in [0.1, 0.15) is 5.01 Å². The third kappa shape index (κ3) is 3.16. The molecule has 0 aliphatic heterocycles. The van der Waals surface area contributed by atoms with Crippen LogP contribution >= 0.6 is 11.3 Å². The van der Waals surface area contributed by atoms with Crippen molar-refractivity contribution < 1.29 is 12.8 Å². The maximum atomic E-state index is 13.5. The molecule has 0 fully saturated rings. The summed E-state index contributed by atoms with van der Waals surface area (Å²) in [6, 6.07) is 13.1. The van der Waals surface area contributed by atoms with Crippen molar-refractivity contribution >= 4 is 31.6 Å². The first-order chi connectivity index (χ1) is 10.6. The van der Waals surface area contributed by atoms with Crippen molar-refractivity contribution in [1.82, 2.24) is 9.71 Å². The Labute approximate surface area is 131 Å². The predicted octanol–water partition coefficient (Wildman–Crippen LogP) is 2.96. The number of benzene rings is 2. The van der Waals surface area contributed by atoms with Gasteiger partial charge >= 0.3 is 0 Å². The Morgan fingerprint density at radius 2 is 1.82 bits per heavy atom. The first-order valence-electron chi connectivity index (χ1n) is 6.65. The quantitative estimate of drug-likeness (QED) is 0.779.